The van der Waals surface area contributed by atoms with E-state index in [0.717, 1.165) is 17.7 Å². The molecule has 4 rings (SSSR count). The molecule has 3 aliphatic carbocycles. The average molecular weight is 446 g/mol. The number of amides is 1. The monoisotopic (exact) mass is 445 g/mol. The molecule has 172 valence electrons. The number of carbonyl (C=O) groups is 2. The van der Waals surface area contributed by atoms with Crippen LogP contribution in [-0.4, -0.2) is 42.5 Å². The fourth-order valence-electron chi connectivity index (χ4n) is 7.40. The molecule has 0 aromatic heterocycles. The van der Waals surface area contributed by atoms with Crippen LogP contribution < -0.4 is 0 Å². The number of aliphatic hydroxyl groups is 1. The lowest BCUT2D eigenvalue weighted by molar-refractivity contribution is -0.144. The maximum atomic E-state index is 13.2. The van der Waals surface area contributed by atoms with Crippen LogP contribution in [0.25, 0.3) is 0 Å². The maximum absolute atomic E-state index is 13.2. The summed E-state index contributed by atoms with van der Waals surface area (Å²) >= 11 is 0. The van der Waals surface area contributed by atoms with Gasteiger partial charge >= 0.3 is 5.97 Å². The lowest BCUT2D eigenvalue weighted by Gasteiger charge is -2.60. The number of esters is 1. The minimum Gasteiger partial charge on any atom is -0.463 e. The predicted octanol–water partition coefficient (Wildman–Crippen LogP) is 4.64. The molecule has 0 bridgehead atoms. The highest BCUT2D eigenvalue weighted by molar-refractivity contribution is 6.76. The molecule has 1 N–H and O–H groups in total. The standard InChI is InChI=1S/C25H39NO4Si/c1-7-30-21(28)14-16-13-20-25(3,15-19(27)23(29)26(20)31(4,5)6)18-10-12-24(2)11-8-9-17(24)22(16)18/h13-14,17-19,22,27H,7-12,15H2,1-6H3/t17-,18-,19?,22-,24-,25+/m0/s1. The van der Waals surface area contributed by atoms with Gasteiger partial charge in [-0.1, -0.05) is 39.9 Å². The number of carbonyl (C=O) groups excluding carboxylic acids is 2. The van der Waals surface area contributed by atoms with Crippen molar-refractivity contribution in [3.05, 3.63) is 23.4 Å². The van der Waals surface area contributed by atoms with Gasteiger partial charge in [0.1, 0.15) is 6.10 Å². The summed E-state index contributed by atoms with van der Waals surface area (Å²) in [6, 6.07) is 0. The molecule has 0 spiro atoms. The molecule has 6 heteroatoms. The molecule has 5 nitrogen and oxygen atoms in total. The zero-order chi connectivity index (χ0) is 22.8. The second-order valence-electron chi connectivity index (χ2n) is 11.7. The van der Waals surface area contributed by atoms with Gasteiger partial charge in [-0.3, -0.25) is 4.79 Å². The first kappa shape index (κ1) is 22.8. The van der Waals surface area contributed by atoms with Crippen molar-refractivity contribution in [2.24, 2.45) is 28.6 Å². The van der Waals surface area contributed by atoms with E-state index in [0.29, 0.717) is 30.3 Å². The summed E-state index contributed by atoms with van der Waals surface area (Å²) in [6.07, 6.45) is 9.33. The Hall–Kier alpha value is -1.40. The molecular weight excluding hydrogens is 406 g/mol. The van der Waals surface area contributed by atoms with Gasteiger partial charge < -0.3 is 14.4 Å². The zero-order valence-electron chi connectivity index (χ0n) is 20.0. The van der Waals surface area contributed by atoms with Crippen molar-refractivity contribution in [1.29, 1.82) is 0 Å². The van der Waals surface area contributed by atoms with Gasteiger partial charge in [-0.2, -0.15) is 0 Å². The summed E-state index contributed by atoms with van der Waals surface area (Å²) in [5, 5.41) is 10.8. The fraction of sp³-hybridized carbons (Fsp3) is 0.760. The molecule has 0 aromatic rings. The first-order valence-electron chi connectivity index (χ1n) is 12.0. The summed E-state index contributed by atoms with van der Waals surface area (Å²) in [7, 11) is -2.09. The van der Waals surface area contributed by atoms with Crippen LogP contribution in [0, 0.1) is 28.6 Å². The number of piperidine rings is 1. The third-order valence-corrected chi connectivity index (χ3v) is 10.6. The smallest absolute Gasteiger partial charge is 0.331 e. The van der Waals surface area contributed by atoms with Crippen LogP contribution in [0.5, 0.6) is 0 Å². The number of fused-ring (bicyclic) bond motifs is 5. The van der Waals surface area contributed by atoms with Crippen LogP contribution in [0.4, 0.5) is 0 Å². The summed E-state index contributed by atoms with van der Waals surface area (Å²) in [5.41, 5.74) is 2.13. The number of hydrogen-bond acceptors (Lipinski definition) is 4. The van der Waals surface area contributed by atoms with Gasteiger partial charge in [0.15, 0.2) is 8.24 Å². The predicted molar refractivity (Wildman–Crippen MR) is 123 cm³/mol. The largest absolute Gasteiger partial charge is 0.463 e. The summed E-state index contributed by atoms with van der Waals surface area (Å²) in [5.74, 6) is 0.688. The van der Waals surface area contributed by atoms with Crippen LogP contribution in [0.3, 0.4) is 0 Å². The van der Waals surface area contributed by atoms with Gasteiger partial charge in [0, 0.05) is 17.2 Å². The van der Waals surface area contributed by atoms with Crippen molar-refractivity contribution in [2.75, 3.05) is 6.61 Å². The highest BCUT2D eigenvalue weighted by Crippen LogP contribution is 2.65. The Bertz CT molecular complexity index is 843. The molecule has 1 amide bonds. The molecule has 2 saturated carbocycles. The van der Waals surface area contributed by atoms with Crippen LogP contribution in [0.15, 0.2) is 23.4 Å². The third kappa shape index (κ3) is 3.54. The van der Waals surface area contributed by atoms with Gasteiger partial charge in [0.25, 0.3) is 0 Å². The molecule has 1 unspecified atom stereocenters. The number of nitrogens with zero attached hydrogens (tertiary/aromatic N) is 1. The first-order chi connectivity index (χ1) is 14.4. The van der Waals surface area contributed by atoms with Crippen molar-refractivity contribution in [3.63, 3.8) is 0 Å². The fourth-order valence-corrected chi connectivity index (χ4v) is 9.25. The van der Waals surface area contributed by atoms with Crippen molar-refractivity contribution < 1.29 is 19.4 Å². The molecule has 1 aliphatic heterocycles. The van der Waals surface area contributed by atoms with Crippen LogP contribution in [0.1, 0.15) is 59.3 Å². The molecule has 1 heterocycles. The van der Waals surface area contributed by atoms with E-state index in [1.807, 2.05) is 11.5 Å². The van der Waals surface area contributed by atoms with Gasteiger partial charge in [-0.05, 0) is 73.8 Å². The summed E-state index contributed by atoms with van der Waals surface area (Å²) in [6.45, 7) is 13.3. The Labute approximate surface area is 188 Å². The van der Waals surface area contributed by atoms with E-state index in [1.165, 1.54) is 25.7 Å². The second-order valence-corrected chi connectivity index (χ2v) is 16.5. The number of ether oxygens (including phenoxy) is 1. The van der Waals surface area contributed by atoms with Gasteiger partial charge in [0.05, 0.1) is 6.61 Å². The topological polar surface area (TPSA) is 66.8 Å². The molecule has 6 atom stereocenters. The molecule has 3 fully saturated rings. The molecule has 0 aromatic carbocycles. The second kappa shape index (κ2) is 7.58. The Kier molecular flexibility index (Phi) is 5.57. The van der Waals surface area contributed by atoms with E-state index in [1.54, 1.807) is 6.08 Å². The number of hydrogen-bond donors (Lipinski definition) is 1. The van der Waals surface area contributed by atoms with Crippen molar-refractivity contribution in [3.8, 4) is 0 Å². The molecule has 31 heavy (non-hydrogen) atoms. The van der Waals surface area contributed by atoms with Gasteiger partial charge in [0.2, 0.25) is 5.91 Å². The lowest BCUT2D eigenvalue weighted by atomic mass is 9.49. The SMILES string of the molecule is CCOC(=O)C=C1C=C2N([Si](C)(C)C)C(=O)C(O)C[C@]2(C)[C@H]2CC[C@]3(C)CCC[C@H]3[C@H]12. The average Bonchev–Trinajstić information content (AvgIpc) is 3.05. The first-order valence-corrected chi connectivity index (χ1v) is 15.5. The Morgan fingerprint density at radius 2 is 1.97 bits per heavy atom. The highest BCUT2D eigenvalue weighted by atomic mass is 28.3. The normalized spacial score (nSPS) is 41.4. The van der Waals surface area contributed by atoms with E-state index in [2.05, 4.69) is 39.6 Å². The lowest BCUT2D eigenvalue weighted by Crippen LogP contribution is -2.63. The van der Waals surface area contributed by atoms with Gasteiger partial charge in [-0.15, -0.1) is 0 Å². The van der Waals surface area contributed by atoms with E-state index in [-0.39, 0.29) is 23.2 Å². The van der Waals surface area contributed by atoms with Crippen LogP contribution in [-0.2, 0) is 14.3 Å². The zero-order valence-corrected chi connectivity index (χ0v) is 21.0. The molecule has 4 aliphatic rings. The quantitative estimate of drug-likeness (QED) is 0.390. The Morgan fingerprint density at radius 3 is 2.61 bits per heavy atom. The minimum absolute atomic E-state index is 0.168. The van der Waals surface area contributed by atoms with Crippen LogP contribution >= 0.6 is 0 Å². The molecule has 1 saturated heterocycles. The van der Waals surface area contributed by atoms with Crippen molar-refractivity contribution in [2.45, 2.75) is 85.0 Å². The number of allylic oxidation sites excluding steroid dienone is 3. The maximum Gasteiger partial charge on any atom is 0.331 e. The molecular formula is C25H39NO4Si. The van der Waals surface area contributed by atoms with Gasteiger partial charge in [-0.25, -0.2) is 4.79 Å². The Balaban J connectivity index is 1.90. The van der Waals surface area contributed by atoms with E-state index < -0.39 is 14.3 Å². The van der Waals surface area contributed by atoms with E-state index >= 15 is 0 Å². The van der Waals surface area contributed by atoms with Crippen LogP contribution in [0.2, 0.25) is 19.6 Å². The number of rotatable bonds is 3. The number of aliphatic hydroxyl groups excluding tert-OH is 1. The molecule has 0 radical (unpaired) electrons. The van der Waals surface area contributed by atoms with Crippen molar-refractivity contribution >= 4 is 20.1 Å². The Morgan fingerprint density at radius 1 is 1.26 bits per heavy atom. The van der Waals surface area contributed by atoms with E-state index in [4.69, 9.17) is 4.74 Å². The summed E-state index contributed by atoms with van der Waals surface area (Å²) < 4.78 is 7.24. The third-order valence-electron chi connectivity index (χ3n) is 8.75. The van der Waals surface area contributed by atoms with E-state index in [9.17, 15) is 14.7 Å². The van der Waals surface area contributed by atoms with Crippen molar-refractivity contribution in [1.82, 2.24) is 4.57 Å². The minimum atomic E-state index is -2.09. The highest BCUT2D eigenvalue weighted by Gasteiger charge is 2.60. The summed E-state index contributed by atoms with van der Waals surface area (Å²) in [4.78, 5) is 25.7.